The Balaban J connectivity index is 1.60. The van der Waals surface area contributed by atoms with Gasteiger partial charge in [-0.05, 0) is 32.1 Å². The summed E-state index contributed by atoms with van der Waals surface area (Å²) in [7, 11) is 0. The average molecular weight is 351 g/mol. The van der Waals surface area contributed by atoms with Crippen LogP contribution in [0.5, 0.6) is 0 Å². The minimum Gasteiger partial charge on any atom is -0.451 e. The molecule has 0 aromatic heterocycles. The van der Waals surface area contributed by atoms with E-state index in [-0.39, 0.29) is 35.9 Å². The van der Waals surface area contributed by atoms with Crippen molar-refractivity contribution in [1.82, 2.24) is 0 Å². The van der Waals surface area contributed by atoms with Gasteiger partial charge in [0.15, 0.2) is 12.6 Å². The minimum absolute atomic E-state index is 0.0303. The van der Waals surface area contributed by atoms with Crippen LogP contribution in [0.4, 0.5) is 0 Å². The second kappa shape index (κ2) is 4.96. The number of hydrogen-bond acceptors (Lipinski definition) is 7. The van der Waals surface area contributed by atoms with Crippen LogP contribution in [0.2, 0.25) is 0 Å². The highest BCUT2D eigenvalue weighted by molar-refractivity contribution is 5.81. The first kappa shape index (κ1) is 16.0. The summed E-state index contributed by atoms with van der Waals surface area (Å²) in [6.45, 7) is 6.76. The number of ether oxygens (including phenoxy) is 3. The van der Waals surface area contributed by atoms with Gasteiger partial charge in [-0.1, -0.05) is 13.8 Å². The fraction of sp³-hybridized carbons (Fsp3) is 0.889. The van der Waals surface area contributed by atoms with Crippen LogP contribution >= 0.6 is 0 Å². The minimum atomic E-state index is -0.791. The van der Waals surface area contributed by atoms with Gasteiger partial charge in [0.1, 0.15) is 6.10 Å². The van der Waals surface area contributed by atoms with Crippen LogP contribution < -0.4 is 0 Å². The topological polar surface area (TPSA) is 75.6 Å². The molecule has 3 saturated heterocycles. The zero-order valence-corrected chi connectivity index (χ0v) is 14.9. The molecule has 3 aliphatic carbocycles. The summed E-state index contributed by atoms with van der Waals surface area (Å²) in [6.07, 6.45) is 3.70. The van der Waals surface area contributed by atoms with Crippen LogP contribution in [0.1, 0.15) is 46.5 Å². The lowest BCUT2D eigenvalue weighted by Gasteiger charge is -2.76. The number of carbonyl (C=O) groups excluding carboxylic acids is 1. The van der Waals surface area contributed by atoms with Gasteiger partial charge in [-0.2, -0.15) is 0 Å². The molecule has 8 atom stereocenters. The Morgan fingerprint density at radius 3 is 2.92 bits per heavy atom. The molecule has 0 aromatic carbocycles. The Bertz CT molecular complexity index is 639. The van der Waals surface area contributed by atoms with E-state index < -0.39 is 5.79 Å². The fourth-order valence-electron chi connectivity index (χ4n) is 6.63. The molecular formula is C18H25NO6. The first-order chi connectivity index (χ1) is 12.0. The molecule has 6 aliphatic rings. The van der Waals surface area contributed by atoms with Gasteiger partial charge in [-0.15, -0.1) is 0 Å². The Labute approximate surface area is 146 Å². The van der Waals surface area contributed by atoms with Crippen molar-refractivity contribution in [1.29, 1.82) is 0 Å². The van der Waals surface area contributed by atoms with E-state index in [0.717, 1.165) is 19.3 Å². The molecule has 0 radical (unpaired) electrons. The van der Waals surface area contributed by atoms with Crippen LogP contribution in [0.3, 0.4) is 0 Å². The van der Waals surface area contributed by atoms with Gasteiger partial charge >= 0.3 is 0 Å². The number of hydrogen-bond donors (Lipinski definition) is 0. The van der Waals surface area contributed by atoms with Crippen molar-refractivity contribution in [2.45, 2.75) is 64.6 Å². The van der Waals surface area contributed by atoms with E-state index in [1.807, 2.05) is 6.92 Å². The first-order valence-electron chi connectivity index (χ1n) is 9.26. The maximum atomic E-state index is 10.4. The highest BCUT2D eigenvalue weighted by Gasteiger charge is 2.83. The SMILES string of the molecule is C[C@@H]1CCC23C4OO[C@@]5(C)CCC41C2[C@H](O/C(=N\COC=O)[C@@H]3C)O5. The highest BCUT2D eigenvalue weighted by atomic mass is 17.2. The number of carbonyl (C=O) groups is 1. The third-order valence-electron chi connectivity index (χ3n) is 7.81. The summed E-state index contributed by atoms with van der Waals surface area (Å²) >= 11 is 0. The number of nitrogens with zero attached hydrogens (tertiary/aromatic N) is 1. The molecule has 6 rings (SSSR count). The van der Waals surface area contributed by atoms with Crippen molar-refractivity contribution in [3.8, 4) is 0 Å². The predicted octanol–water partition coefficient (Wildman–Crippen LogP) is 2.40. The van der Waals surface area contributed by atoms with E-state index in [1.165, 1.54) is 6.42 Å². The van der Waals surface area contributed by atoms with Crippen molar-refractivity contribution < 1.29 is 28.8 Å². The Morgan fingerprint density at radius 1 is 1.28 bits per heavy atom. The zero-order chi connectivity index (χ0) is 17.4. The van der Waals surface area contributed by atoms with Crippen molar-refractivity contribution >= 4 is 12.4 Å². The van der Waals surface area contributed by atoms with Gasteiger partial charge in [0.05, 0.1) is 0 Å². The molecular weight excluding hydrogens is 326 g/mol. The first-order valence-corrected chi connectivity index (χ1v) is 9.26. The molecule has 138 valence electrons. The van der Waals surface area contributed by atoms with Crippen LogP contribution in [-0.2, 0) is 28.8 Å². The molecule has 3 heterocycles. The van der Waals surface area contributed by atoms with E-state index in [2.05, 4.69) is 18.8 Å². The molecule has 25 heavy (non-hydrogen) atoms. The summed E-state index contributed by atoms with van der Waals surface area (Å²) in [5, 5.41) is 0. The van der Waals surface area contributed by atoms with Gasteiger partial charge in [-0.25, -0.2) is 14.8 Å². The van der Waals surface area contributed by atoms with Gasteiger partial charge < -0.3 is 14.2 Å². The van der Waals surface area contributed by atoms with E-state index in [1.54, 1.807) is 0 Å². The van der Waals surface area contributed by atoms with Gasteiger partial charge in [0, 0.05) is 29.1 Å². The summed E-state index contributed by atoms with van der Waals surface area (Å²) in [6, 6.07) is 0. The van der Waals surface area contributed by atoms with Gasteiger partial charge in [0.2, 0.25) is 12.1 Å². The Morgan fingerprint density at radius 2 is 2.12 bits per heavy atom. The van der Waals surface area contributed by atoms with E-state index in [0.29, 0.717) is 24.2 Å². The normalized spacial score (nSPS) is 57.1. The highest BCUT2D eigenvalue weighted by Crippen LogP contribution is 2.79. The third kappa shape index (κ3) is 1.72. The molecule has 7 nitrogen and oxygen atoms in total. The fourth-order valence-corrected chi connectivity index (χ4v) is 6.63. The molecule has 0 aromatic rings. The lowest BCUT2D eigenvalue weighted by molar-refractivity contribution is -0.540. The zero-order valence-electron chi connectivity index (χ0n) is 14.9. The molecule has 4 unspecified atom stereocenters. The summed E-state index contributed by atoms with van der Waals surface area (Å²) in [4.78, 5) is 26.7. The van der Waals surface area contributed by atoms with Crippen LogP contribution in [-0.4, -0.2) is 37.3 Å². The second-order valence-corrected chi connectivity index (χ2v) is 8.55. The molecule has 3 aliphatic heterocycles. The molecule has 6 fully saturated rings. The van der Waals surface area contributed by atoms with Crippen LogP contribution in [0, 0.1) is 28.6 Å². The lowest BCUT2D eigenvalue weighted by atomic mass is 9.31. The molecule has 3 bridgehead atoms. The van der Waals surface area contributed by atoms with Crippen molar-refractivity contribution in [2.75, 3.05) is 6.73 Å². The van der Waals surface area contributed by atoms with Crippen LogP contribution in [0.15, 0.2) is 4.99 Å². The van der Waals surface area contributed by atoms with Crippen LogP contribution in [0.25, 0.3) is 0 Å². The van der Waals surface area contributed by atoms with Crippen molar-refractivity contribution in [2.24, 2.45) is 33.6 Å². The summed E-state index contributed by atoms with van der Waals surface area (Å²) < 4.78 is 17.3. The largest absolute Gasteiger partial charge is 0.451 e. The summed E-state index contributed by atoms with van der Waals surface area (Å²) in [5.41, 5.74) is -0.0304. The van der Waals surface area contributed by atoms with E-state index >= 15 is 0 Å². The number of rotatable bonds is 3. The molecule has 0 N–H and O–H groups in total. The summed E-state index contributed by atoms with van der Waals surface area (Å²) in [5.74, 6) is 0.726. The van der Waals surface area contributed by atoms with Gasteiger partial charge in [0.25, 0.3) is 6.47 Å². The number of fused-ring (bicyclic) bond motifs is 4. The monoisotopic (exact) mass is 351 g/mol. The van der Waals surface area contributed by atoms with Gasteiger partial charge in [-0.3, -0.25) is 4.79 Å². The van der Waals surface area contributed by atoms with Crippen molar-refractivity contribution in [3.05, 3.63) is 0 Å². The molecule has 0 amide bonds. The van der Waals surface area contributed by atoms with E-state index in [9.17, 15) is 4.79 Å². The Hall–Kier alpha value is -1.18. The Kier molecular flexibility index (Phi) is 3.18. The van der Waals surface area contributed by atoms with E-state index in [4.69, 9.17) is 24.0 Å². The van der Waals surface area contributed by atoms with Crippen molar-refractivity contribution in [3.63, 3.8) is 0 Å². The molecule has 2 spiro atoms. The molecule has 7 heteroatoms. The predicted molar refractivity (Wildman–Crippen MR) is 84.9 cm³/mol. The number of aliphatic imine (C=N–C) groups is 1. The maximum absolute atomic E-state index is 10.4. The second-order valence-electron chi connectivity index (χ2n) is 8.55. The average Bonchev–Trinajstić information content (AvgIpc) is 2.77. The lowest BCUT2D eigenvalue weighted by Crippen LogP contribution is -2.81. The third-order valence-corrected chi connectivity index (χ3v) is 7.81. The quantitative estimate of drug-likeness (QED) is 0.441. The molecule has 3 saturated carbocycles. The maximum Gasteiger partial charge on any atom is 0.294 e. The smallest absolute Gasteiger partial charge is 0.294 e. The standard InChI is InChI=1S/C18H25NO6/c1-10-4-5-18-11(2)13(19-8-21-9-20)22-14-12(18)17(10)7-6-16(3,23-14)25-24-15(17)18/h9-12,14-15H,4-8H2,1-3H3/b19-13-/t10-,11+,12?,14-,15?,16+,17?,18?/m1/s1.